The third-order valence-electron chi connectivity index (χ3n) is 4.19. The Morgan fingerprint density at radius 1 is 1.24 bits per heavy atom. The molecule has 0 amide bonds. The summed E-state index contributed by atoms with van der Waals surface area (Å²) in [4.78, 5) is 4.00. The molecule has 0 aliphatic heterocycles. The first-order valence-corrected chi connectivity index (χ1v) is 7.08. The van der Waals surface area contributed by atoms with Gasteiger partial charge in [0.05, 0.1) is 5.69 Å². The molecule has 3 rings (SSSR count). The molecule has 2 aromatic rings. The van der Waals surface area contributed by atoms with Gasteiger partial charge in [-0.1, -0.05) is 0 Å². The highest BCUT2D eigenvalue weighted by atomic mass is 19.3. The van der Waals surface area contributed by atoms with E-state index in [-0.39, 0.29) is 18.8 Å². The summed E-state index contributed by atoms with van der Waals surface area (Å²) in [5, 5.41) is 4.48. The Bertz CT molecular complexity index is 627. The molecule has 1 fully saturated rings. The summed E-state index contributed by atoms with van der Waals surface area (Å²) in [6.45, 7) is 0. The van der Waals surface area contributed by atoms with Crippen molar-refractivity contribution in [1.82, 2.24) is 14.8 Å². The van der Waals surface area contributed by atoms with Crippen LogP contribution in [0.15, 0.2) is 24.5 Å². The lowest BCUT2D eigenvalue weighted by Crippen LogP contribution is -2.24. The SMILES string of the molecule is Cn1nc(C2CCC(F)(F)CC2)c(-c2ccncc2)c1N. The highest BCUT2D eigenvalue weighted by Gasteiger charge is 2.37. The van der Waals surface area contributed by atoms with Crippen LogP contribution in [0.2, 0.25) is 0 Å². The number of aromatic nitrogens is 3. The molecule has 2 aromatic heterocycles. The van der Waals surface area contributed by atoms with Crippen molar-refractivity contribution in [3.8, 4) is 11.1 Å². The molecule has 1 aliphatic carbocycles. The van der Waals surface area contributed by atoms with Gasteiger partial charge in [0.1, 0.15) is 5.82 Å². The number of alkyl halides is 2. The zero-order valence-corrected chi connectivity index (χ0v) is 11.9. The Labute approximate surface area is 122 Å². The van der Waals surface area contributed by atoms with E-state index in [4.69, 9.17) is 5.73 Å². The number of rotatable bonds is 2. The minimum Gasteiger partial charge on any atom is -0.383 e. The van der Waals surface area contributed by atoms with E-state index in [1.54, 1.807) is 24.1 Å². The molecule has 0 aromatic carbocycles. The second-order valence-electron chi connectivity index (χ2n) is 5.64. The van der Waals surface area contributed by atoms with Gasteiger partial charge < -0.3 is 5.73 Å². The van der Waals surface area contributed by atoms with E-state index in [1.165, 1.54) is 0 Å². The molecule has 4 nitrogen and oxygen atoms in total. The number of anilines is 1. The van der Waals surface area contributed by atoms with Gasteiger partial charge in [0.25, 0.3) is 0 Å². The van der Waals surface area contributed by atoms with Crippen LogP contribution in [0.1, 0.15) is 37.3 Å². The first kappa shape index (κ1) is 14.0. The van der Waals surface area contributed by atoms with Gasteiger partial charge in [-0.25, -0.2) is 8.78 Å². The van der Waals surface area contributed by atoms with Gasteiger partial charge in [0, 0.05) is 43.8 Å². The number of hydrogen-bond donors (Lipinski definition) is 1. The fourth-order valence-electron chi connectivity index (χ4n) is 2.97. The number of nitrogens with zero attached hydrogens (tertiary/aromatic N) is 3. The summed E-state index contributed by atoms with van der Waals surface area (Å²) in [5.41, 5.74) is 8.75. The molecule has 0 saturated heterocycles. The molecule has 2 N–H and O–H groups in total. The van der Waals surface area contributed by atoms with Crippen molar-refractivity contribution < 1.29 is 8.78 Å². The van der Waals surface area contributed by atoms with E-state index in [0.29, 0.717) is 18.7 Å². The molecule has 0 bridgehead atoms. The van der Waals surface area contributed by atoms with Crippen LogP contribution < -0.4 is 5.73 Å². The smallest absolute Gasteiger partial charge is 0.248 e. The number of nitrogen functional groups attached to an aromatic ring is 1. The van der Waals surface area contributed by atoms with Crippen molar-refractivity contribution in [3.63, 3.8) is 0 Å². The summed E-state index contributed by atoms with van der Waals surface area (Å²) < 4.78 is 28.3. The van der Waals surface area contributed by atoms with Crippen LogP contribution in [0.4, 0.5) is 14.6 Å². The average Bonchev–Trinajstić information content (AvgIpc) is 2.76. The highest BCUT2D eigenvalue weighted by Crippen LogP contribution is 2.44. The molecule has 1 saturated carbocycles. The second-order valence-corrected chi connectivity index (χ2v) is 5.64. The molecule has 0 radical (unpaired) electrons. The topological polar surface area (TPSA) is 56.7 Å². The first-order valence-electron chi connectivity index (χ1n) is 7.08. The normalized spacial score (nSPS) is 18.8. The van der Waals surface area contributed by atoms with Gasteiger partial charge in [-0.2, -0.15) is 5.10 Å². The van der Waals surface area contributed by atoms with Gasteiger partial charge in [-0.05, 0) is 30.5 Å². The number of halogens is 2. The number of aryl methyl sites for hydroxylation is 1. The van der Waals surface area contributed by atoms with Crippen molar-refractivity contribution in [2.45, 2.75) is 37.5 Å². The Balaban J connectivity index is 1.98. The maximum absolute atomic E-state index is 13.3. The predicted octanol–water partition coefficient (Wildman–Crippen LogP) is 3.36. The summed E-state index contributed by atoms with van der Waals surface area (Å²) in [5.74, 6) is -1.93. The van der Waals surface area contributed by atoms with Crippen LogP contribution in [0.25, 0.3) is 11.1 Å². The van der Waals surface area contributed by atoms with Crippen molar-refractivity contribution in [3.05, 3.63) is 30.2 Å². The monoisotopic (exact) mass is 292 g/mol. The van der Waals surface area contributed by atoms with Crippen LogP contribution in [0.5, 0.6) is 0 Å². The fraction of sp³-hybridized carbons (Fsp3) is 0.467. The maximum atomic E-state index is 13.3. The van der Waals surface area contributed by atoms with Crippen LogP contribution in [0.3, 0.4) is 0 Å². The van der Waals surface area contributed by atoms with Crippen LogP contribution >= 0.6 is 0 Å². The zero-order chi connectivity index (χ0) is 15.0. The average molecular weight is 292 g/mol. The molecule has 6 heteroatoms. The minimum atomic E-state index is -2.53. The summed E-state index contributed by atoms with van der Waals surface area (Å²) in [6, 6.07) is 3.74. The van der Waals surface area contributed by atoms with E-state index in [1.807, 2.05) is 12.1 Å². The molecule has 0 unspecified atom stereocenters. The third kappa shape index (κ3) is 2.62. The molecule has 0 spiro atoms. The molecule has 1 aliphatic rings. The highest BCUT2D eigenvalue weighted by molar-refractivity contribution is 5.76. The van der Waals surface area contributed by atoms with Crippen LogP contribution in [0, 0.1) is 0 Å². The molecule has 112 valence electrons. The Kier molecular flexibility index (Phi) is 3.39. The Hall–Kier alpha value is -1.98. The maximum Gasteiger partial charge on any atom is 0.248 e. The standard InChI is InChI=1S/C15H18F2N4/c1-21-14(18)12(10-4-8-19-9-5-10)13(20-21)11-2-6-15(16,17)7-3-11/h4-5,8-9,11H,2-3,6-7,18H2,1H3. The van der Waals surface area contributed by atoms with E-state index < -0.39 is 5.92 Å². The molecule has 0 atom stereocenters. The quantitative estimate of drug-likeness (QED) is 0.923. The Morgan fingerprint density at radius 2 is 1.86 bits per heavy atom. The van der Waals surface area contributed by atoms with E-state index >= 15 is 0 Å². The lowest BCUT2D eigenvalue weighted by atomic mass is 9.82. The van der Waals surface area contributed by atoms with Crippen LogP contribution in [-0.4, -0.2) is 20.7 Å². The van der Waals surface area contributed by atoms with Gasteiger partial charge in [-0.3, -0.25) is 9.67 Å². The second kappa shape index (κ2) is 5.09. The predicted molar refractivity (Wildman–Crippen MR) is 77.0 cm³/mol. The van der Waals surface area contributed by atoms with Crippen LogP contribution in [-0.2, 0) is 7.05 Å². The summed E-state index contributed by atoms with van der Waals surface area (Å²) >= 11 is 0. The van der Waals surface area contributed by atoms with Gasteiger partial charge >= 0.3 is 0 Å². The summed E-state index contributed by atoms with van der Waals surface area (Å²) in [7, 11) is 1.78. The van der Waals surface area contributed by atoms with Crippen molar-refractivity contribution in [2.24, 2.45) is 7.05 Å². The molecular weight excluding hydrogens is 274 g/mol. The number of hydrogen-bond acceptors (Lipinski definition) is 3. The van der Waals surface area contributed by atoms with Crippen molar-refractivity contribution >= 4 is 5.82 Å². The molecular formula is C15H18F2N4. The number of pyridine rings is 1. The van der Waals surface area contributed by atoms with Gasteiger partial charge in [-0.15, -0.1) is 0 Å². The van der Waals surface area contributed by atoms with Gasteiger partial charge in [0.2, 0.25) is 5.92 Å². The van der Waals surface area contributed by atoms with E-state index in [2.05, 4.69) is 10.1 Å². The number of nitrogens with two attached hydrogens (primary N) is 1. The fourth-order valence-corrected chi connectivity index (χ4v) is 2.97. The Morgan fingerprint density at radius 3 is 2.48 bits per heavy atom. The van der Waals surface area contributed by atoms with E-state index in [0.717, 1.165) is 16.8 Å². The summed E-state index contributed by atoms with van der Waals surface area (Å²) in [6.07, 6.45) is 4.12. The molecule has 21 heavy (non-hydrogen) atoms. The lowest BCUT2D eigenvalue weighted by Gasteiger charge is -2.27. The molecule has 2 heterocycles. The van der Waals surface area contributed by atoms with Gasteiger partial charge in [0.15, 0.2) is 0 Å². The minimum absolute atomic E-state index is 0.0382. The largest absolute Gasteiger partial charge is 0.383 e. The third-order valence-corrected chi connectivity index (χ3v) is 4.19. The lowest BCUT2D eigenvalue weighted by molar-refractivity contribution is -0.0384. The van der Waals surface area contributed by atoms with Crippen molar-refractivity contribution in [1.29, 1.82) is 0 Å². The zero-order valence-electron chi connectivity index (χ0n) is 11.9. The van der Waals surface area contributed by atoms with Crippen molar-refractivity contribution in [2.75, 3.05) is 5.73 Å². The van der Waals surface area contributed by atoms with E-state index in [9.17, 15) is 8.78 Å². The first-order chi connectivity index (χ1) is 9.98.